The number of ether oxygens (including phenoxy) is 2. The first-order valence-corrected chi connectivity index (χ1v) is 10.1. The quantitative estimate of drug-likeness (QED) is 0.746. The summed E-state index contributed by atoms with van der Waals surface area (Å²) in [6, 6.07) is 6.73. The van der Waals surface area contributed by atoms with Gasteiger partial charge in [0, 0.05) is 23.9 Å². The van der Waals surface area contributed by atoms with Crippen LogP contribution in [0.4, 0.5) is 13.2 Å². The van der Waals surface area contributed by atoms with E-state index in [0.29, 0.717) is 29.9 Å². The summed E-state index contributed by atoms with van der Waals surface area (Å²) in [5.41, 5.74) is 0.694. The molecule has 1 N–H and O–H groups in total. The number of fused-ring (bicyclic) bond motifs is 3. The van der Waals surface area contributed by atoms with Crippen LogP contribution in [-0.2, 0) is 9.47 Å². The van der Waals surface area contributed by atoms with Crippen LogP contribution in [0.2, 0.25) is 0 Å². The molecule has 2 fully saturated rings. The normalized spacial score (nSPS) is 27.3. The second-order valence-electron chi connectivity index (χ2n) is 7.77. The van der Waals surface area contributed by atoms with Gasteiger partial charge in [0.1, 0.15) is 17.6 Å². The summed E-state index contributed by atoms with van der Waals surface area (Å²) in [5.74, 6) is -0.0304. The highest BCUT2D eigenvalue weighted by molar-refractivity contribution is 6.24. The number of nitrogens with one attached hydrogen (secondary N) is 1. The molecule has 1 aromatic carbocycles. The molecule has 5 rings (SSSR count). The lowest BCUT2D eigenvalue weighted by molar-refractivity contribution is -0.0927. The fourth-order valence-corrected chi connectivity index (χ4v) is 3.92. The van der Waals surface area contributed by atoms with Gasteiger partial charge < -0.3 is 19.7 Å². The molecule has 4 aliphatic heterocycles. The number of amides is 1. The molecule has 162 valence electrons. The number of carbonyl (C=O) groups excluding carboxylic acids is 1. The molecule has 1 aromatic rings. The number of alkyl halides is 3. The Balaban J connectivity index is 1.39. The predicted molar refractivity (Wildman–Crippen MR) is 107 cm³/mol. The molecule has 0 radical (unpaired) electrons. The molecule has 9 heteroatoms. The number of allylic oxidation sites excluding steroid dienone is 3. The molecule has 0 bridgehead atoms. The number of nitrogens with zero attached hydrogens (tertiary/aromatic N) is 2. The summed E-state index contributed by atoms with van der Waals surface area (Å²) in [6.07, 6.45) is 2.20. The van der Waals surface area contributed by atoms with Gasteiger partial charge in [-0.1, -0.05) is 12.1 Å². The van der Waals surface area contributed by atoms with Gasteiger partial charge in [0.15, 0.2) is 6.23 Å². The molecule has 0 spiro atoms. The third-order valence-electron chi connectivity index (χ3n) is 5.56. The standard InChI is InChI=1S/C22H20F3N3O3/c23-22(24,25)18-11-17-21(31-17)28-9-1-4-16(19(28)27-18)13-5-7-14(8-6-13)20(29)26-15-3-2-10-30-12-15/h1,4-9,11,15,17,21H,2-3,10,12H2,(H,26,29)/t15-,17?,21?/m0/s1. The Morgan fingerprint density at radius 3 is 2.74 bits per heavy atom. The van der Waals surface area contributed by atoms with Crippen molar-refractivity contribution in [1.29, 1.82) is 0 Å². The van der Waals surface area contributed by atoms with Gasteiger partial charge in [-0.05, 0) is 48.8 Å². The van der Waals surface area contributed by atoms with E-state index in [9.17, 15) is 18.0 Å². The maximum atomic E-state index is 13.4. The van der Waals surface area contributed by atoms with Crippen LogP contribution in [0, 0.1) is 0 Å². The van der Waals surface area contributed by atoms with E-state index in [1.54, 1.807) is 47.5 Å². The van der Waals surface area contributed by atoms with Crippen LogP contribution >= 0.6 is 0 Å². The first kappa shape index (κ1) is 20.0. The fourth-order valence-electron chi connectivity index (χ4n) is 3.92. The Kier molecular flexibility index (Phi) is 4.94. The summed E-state index contributed by atoms with van der Waals surface area (Å²) in [6.45, 7) is 1.21. The maximum Gasteiger partial charge on any atom is 0.433 e. The number of carbonyl (C=O) groups is 1. The molecule has 6 nitrogen and oxygen atoms in total. The van der Waals surface area contributed by atoms with Crippen molar-refractivity contribution in [3.63, 3.8) is 0 Å². The van der Waals surface area contributed by atoms with Crippen molar-refractivity contribution in [2.24, 2.45) is 4.99 Å². The van der Waals surface area contributed by atoms with E-state index >= 15 is 0 Å². The lowest BCUT2D eigenvalue weighted by atomic mass is 10.00. The number of epoxide rings is 1. The maximum absolute atomic E-state index is 13.4. The van der Waals surface area contributed by atoms with Gasteiger partial charge in [-0.25, -0.2) is 4.99 Å². The Bertz CT molecular complexity index is 1010. The summed E-state index contributed by atoms with van der Waals surface area (Å²) in [5, 5.41) is 2.95. The van der Waals surface area contributed by atoms with Crippen molar-refractivity contribution in [3.05, 3.63) is 65.5 Å². The number of halogens is 3. The summed E-state index contributed by atoms with van der Waals surface area (Å²) in [4.78, 5) is 18.0. The van der Waals surface area contributed by atoms with Gasteiger partial charge in [-0.15, -0.1) is 0 Å². The lowest BCUT2D eigenvalue weighted by Gasteiger charge is -2.25. The highest BCUT2D eigenvalue weighted by Gasteiger charge is 2.49. The fraction of sp³-hybridized carbons (Fsp3) is 0.364. The largest absolute Gasteiger partial charge is 0.433 e. The van der Waals surface area contributed by atoms with Gasteiger partial charge in [0.2, 0.25) is 0 Å². The monoisotopic (exact) mass is 431 g/mol. The van der Waals surface area contributed by atoms with Crippen molar-refractivity contribution >= 4 is 17.3 Å². The summed E-state index contributed by atoms with van der Waals surface area (Å²) < 4.78 is 51.0. The van der Waals surface area contributed by atoms with Crippen LogP contribution < -0.4 is 5.32 Å². The third kappa shape index (κ3) is 4.03. The molecule has 4 heterocycles. The van der Waals surface area contributed by atoms with Crippen molar-refractivity contribution in [1.82, 2.24) is 10.2 Å². The molecule has 2 unspecified atom stereocenters. The minimum Gasteiger partial charge on any atom is -0.379 e. The van der Waals surface area contributed by atoms with E-state index in [2.05, 4.69) is 10.3 Å². The van der Waals surface area contributed by atoms with Crippen LogP contribution in [0.5, 0.6) is 0 Å². The number of benzene rings is 1. The second-order valence-corrected chi connectivity index (χ2v) is 7.77. The lowest BCUT2D eigenvalue weighted by Crippen LogP contribution is -2.40. The Hall–Kier alpha value is -2.91. The molecule has 0 aliphatic carbocycles. The topological polar surface area (TPSA) is 66.5 Å². The highest BCUT2D eigenvalue weighted by atomic mass is 19.4. The van der Waals surface area contributed by atoms with E-state index < -0.39 is 24.2 Å². The average Bonchev–Trinajstić information content (AvgIpc) is 3.53. The number of hydrogen-bond acceptors (Lipinski definition) is 5. The summed E-state index contributed by atoms with van der Waals surface area (Å²) in [7, 11) is 0. The molecule has 31 heavy (non-hydrogen) atoms. The molecule has 3 atom stereocenters. The first-order valence-electron chi connectivity index (χ1n) is 10.1. The molecule has 4 aliphatic rings. The Morgan fingerprint density at radius 1 is 1.23 bits per heavy atom. The van der Waals surface area contributed by atoms with E-state index in [1.165, 1.54) is 0 Å². The van der Waals surface area contributed by atoms with Gasteiger partial charge in [0.05, 0.1) is 12.6 Å². The summed E-state index contributed by atoms with van der Waals surface area (Å²) >= 11 is 0. The molecular weight excluding hydrogens is 411 g/mol. The van der Waals surface area contributed by atoms with Crippen LogP contribution in [0.15, 0.2) is 59.4 Å². The zero-order chi connectivity index (χ0) is 21.6. The van der Waals surface area contributed by atoms with Gasteiger partial charge in [-0.2, -0.15) is 13.2 Å². The van der Waals surface area contributed by atoms with E-state index in [-0.39, 0.29) is 17.8 Å². The Morgan fingerprint density at radius 2 is 2.03 bits per heavy atom. The molecule has 0 aromatic heterocycles. The predicted octanol–water partition coefficient (Wildman–Crippen LogP) is 3.39. The minimum atomic E-state index is -4.57. The average molecular weight is 431 g/mol. The number of aliphatic imine (C=N–C) groups is 1. The van der Waals surface area contributed by atoms with Crippen LogP contribution in [0.25, 0.3) is 5.57 Å². The van der Waals surface area contributed by atoms with E-state index in [1.807, 2.05) is 0 Å². The smallest absolute Gasteiger partial charge is 0.379 e. The molecule has 0 saturated carbocycles. The minimum absolute atomic E-state index is 0.0138. The highest BCUT2D eigenvalue weighted by Crippen LogP contribution is 2.40. The first-order chi connectivity index (χ1) is 14.9. The van der Waals surface area contributed by atoms with Crippen LogP contribution in [-0.4, -0.2) is 54.4 Å². The van der Waals surface area contributed by atoms with Crippen molar-refractivity contribution in [3.8, 4) is 0 Å². The van der Waals surface area contributed by atoms with E-state index in [0.717, 1.165) is 18.9 Å². The molecular formula is C22H20F3N3O3. The number of rotatable bonds is 3. The van der Waals surface area contributed by atoms with Crippen molar-refractivity contribution in [2.75, 3.05) is 13.2 Å². The van der Waals surface area contributed by atoms with Gasteiger partial charge in [-0.3, -0.25) is 4.79 Å². The number of hydrogen-bond donors (Lipinski definition) is 1. The van der Waals surface area contributed by atoms with Gasteiger partial charge in [0.25, 0.3) is 5.91 Å². The van der Waals surface area contributed by atoms with Crippen LogP contribution in [0.3, 0.4) is 0 Å². The zero-order valence-corrected chi connectivity index (χ0v) is 16.4. The van der Waals surface area contributed by atoms with Crippen molar-refractivity contribution in [2.45, 2.75) is 37.4 Å². The molecule has 1 amide bonds. The Labute approximate surface area is 176 Å². The third-order valence-corrected chi connectivity index (χ3v) is 5.56. The molecule has 2 saturated heterocycles. The number of amidine groups is 1. The van der Waals surface area contributed by atoms with Crippen LogP contribution in [0.1, 0.15) is 28.8 Å². The van der Waals surface area contributed by atoms with Gasteiger partial charge >= 0.3 is 6.18 Å². The van der Waals surface area contributed by atoms with Crippen molar-refractivity contribution < 1.29 is 27.4 Å². The zero-order valence-electron chi connectivity index (χ0n) is 16.4. The van der Waals surface area contributed by atoms with E-state index in [4.69, 9.17) is 9.47 Å². The second kappa shape index (κ2) is 7.65. The SMILES string of the molecule is O=C(N[C@H]1CCCOC1)c1ccc(C2=CC=CN3C2=NC(C(F)(F)F)=CC2OC23)cc1.